The number of halogens is 1. The van der Waals surface area contributed by atoms with Crippen LogP contribution >= 0.6 is 23.4 Å². The van der Waals surface area contributed by atoms with Gasteiger partial charge in [-0.1, -0.05) is 23.4 Å². The largest absolute Gasteiger partial charge is 0.324 e. The molecule has 8 nitrogen and oxygen atoms in total. The first-order chi connectivity index (χ1) is 12.5. The lowest BCUT2D eigenvalue weighted by Gasteiger charge is -2.09. The van der Waals surface area contributed by atoms with E-state index in [4.69, 9.17) is 11.6 Å². The number of hydrogen-bond acceptors (Lipinski definition) is 6. The lowest BCUT2D eigenvalue weighted by molar-refractivity contribution is -0.384. The Morgan fingerprint density at radius 3 is 2.73 bits per heavy atom. The zero-order valence-electron chi connectivity index (χ0n) is 13.7. The van der Waals surface area contributed by atoms with Crippen molar-refractivity contribution in [2.24, 2.45) is 0 Å². The number of anilines is 1. The summed E-state index contributed by atoms with van der Waals surface area (Å²) in [5, 5.41) is 22.9. The molecule has 2 fully saturated rings. The summed E-state index contributed by atoms with van der Waals surface area (Å²) in [6.07, 6.45) is 4.59. The molecule has 4 rings (SSSR count). The Hall–Kier alpha value is -2.13. The summed E-state index contributed by atoms with van der Waals surface area (Å²) in [6, 6.07) is 4.42. The molecule has 0 radical (unpaired) electrons. The summed E-state index contributed by atoms with van der Waals surface area (Å²) in [5.74, 6) is 1.49. The SMILES string of the molecule is O=C(CSc1nnc(C2CC2)n1C1CC1)Nc1ccc([N+](=O)[O-])cc1Cl. The van der Waals surface area contributed by atoms with Gasteiger partial charge in [-0.25, -0.2) is 0 Å². The molecule has 1 amide bonds. The minimum absolute atomic E-state index is 0.118. The molecule has 136 valence electrons. The molecule has 1 aromatic heterocycles. The fourth-order valence-electron chi connectivity index (χ4n) is 2.72. The van der Waals surface area contributed by atoms with Crippen LogP contribution in [0.1, 0.15) is 43.5 Å². The quantitative estimate of drug-likeness (QED) is 0.436. The Morgan fingerprint density at radius 2 is 2.12 bits per heavy atom. The van der Waals surface area contributed by atoms with Gasteiger partial charge in [0.15, 0.2) is 5.16 Å². The van der Waals surface area contributed by atoms with E-state index in [1.54, 1.807) is 0 Å². The van der Waals surface area contributed by atoms with Crippen molar-refractivity contribution in [1.82, 2.24) is 14.8 Å². The number of carbonyl (C=O) groups excluding carboxylic acids is 1. The maximum Gasteiger partial charge on any atom is 0.271 e. The molecule has 2 aliphatic carbocycles. The van der Waals surface area contributed by atoms with Crippen LogP contribution in [0.2, 0.25) is 5.02 Å². The molecule has 0 saturated heterocycles. The molecule has 2 aromatic rings. The summed E-state index contributed by atoms with van der Waals surface area (Å²) >= 11 is 7.35. The molecule has 26 heavy (non-hydrogen) atoms. The van der Waals surface area contributed by atoms with Crippen molar-refractivity contribution in [3.8, 4) is 0 Å². The molecular weight excluding hydrogens is 378 g/mol. The fraction of sp³-hybridized carbons (Fsp3) is 0.438. The summed E-state index contributed by atoms with van der Waals surface area (Å²) in [5.41, 5.74) is 0.234. The van der Waals surface area contributed by atoms with Gasteiger partial charge in [-0.15, -0.1) is 10.2 Å². The Bertz CT molecular complexity index is 879. The van der Waals surface area contributed by atoms with Crippen LogP contribution in [-0.4, -0.2) is 31.3 Å². The van der Waals surface area contributed by atoms with Crippen LogP contribution in [0.3, 0.4) is 0 Å². The van der Waals surface area contributed by atoms with Gasteiger partial charge in [-0.2, -0.15) is 0 Å². The highest BCUT2D eigenvalue weighted by atomic mass is 35.5. The number of nitrogens with zero attached hydrogens (tertiary/aromatic N) is 4. The maximum atomic E-state index is 12.2. The molecule has 10 heteroatoms. The third kappa shape index (κ3) is 3.68. The first kappa shape index (κ1) is 17.3. The first-order valence-electron chi connectivity index (χ1n) is 8.34. The van der Waals surface area contributed by atoms with Crippen molar-refractivity contribution in [3.63, 3.8) is 0 Å². The van der Waals surface area contributed by atoms with Crippen LogP contribution in [0.5, 0.6) is 0 Å². The van der Waals surface area contributed by atoms with Gasteiger partial charge in [0.1, 0.15) is 5.82 Å². The number of thioether (sulfide) groups is 1. The average Bonchev–Trinajstić information content (AvgIpc) is 3.53. The summed E-state index contributed by atoms with van der Waals surface area (Å²) < 4.78 is 2.19. The van der Waals surface area contributed by atoms with E-state index in [9.17, 15) is 14.9 Å². The van der Waals surface area contributed by atoms with Crippen LogP contribution in [0.25, 0.3) is 0 Å². The van der Waals surface area contributed by atoms with Crippen LogP contribution < -0.4 is 5.32 Å². The second-order valence-electron chi connectivity index (χ2n) is 6.47. The Balaban J connectivity index is 1.39. The van der Waals surface area contributed by atoms with E-state index in [0.717, 1.165) is 36.7 Å². The Labute approximate surface area is 158 Å². The number of carbonyl (C=O) groups is 1. The fourth-order valence-corrected chi connectivity index (χ4v) is 3.75. The first-order valence-corrected chi connectivity index (χ1v) is 9.70. The molecule has 2 aliphatic rings. The van der Waals surface area contributed by atoms with E-state index in [2.05, 4.69) is 20.1 Å². The number of amides is 1. The van der Waals surface area contributed by atoms with E-state index < -0.39 is 4.92 Å². The molecule has 2 saturated carbocycles. The normalized spacial score (nSPS) is 16.5. The number of aromatic nitrogens is 3. The lowest BCUT2D eigenvalue weighted by Crippen LogP contribution is -2.15. The molecule has 0 bridgehead atoms. The van der Waals surface area contributed by atoms with Gasteiger partial charge < -0.3 is 9.88 Å². The number of nitro benzene ring substituents is 1. The number of hydrogen-bond donors (Lipinski definition) is 1. The summed E-state index contributed by atoms with van der Waals surface area (Å²) in [4.78, 5) is 22.4. The number of rotatable bonds is 7. The maximum absolute atomic E-state index is 12.2. The van der Waals surface area contributed by atoms with Crippen LogP contribution in [0.15, 0.2) is 23.4 Å². The number of nitrogens with one attached hydrogen (secondary N) is 1. The van der Waals surface area contributed by atoms with E-state index >= 15 is 0 Å². The highest BCUT2D eigenvalue weighted by molar-refractivity contribution is 7.99. The van der Waals surface area contributed by atoms with E-state index in [0.29, 0.717) is 17.6 Å². The standard InChI is InChI=1S/C16H16ClN5O3S/c17-12-7-11(22(24)25)5-6-13(12)18-14(23)8-26-16-20-19-15(9-1-2-9)21(16)10-3-4-10/h5-7,9-10H,1-4,8H2,(H,18,23). The van der Waals surface area contributed by atoms with Crippen molar-refractivity contribution < 1.29 is 9.72 Å². The molecule has 0 spiro atoms. The zero-order valence-corrected chi connectivity index (χ0v) is 15.3. The third-order valence-corrected chi connectivity index (χ3v) is 5.57. The Kier molecular flexibility index (Phi) is 4.58. The van der Waals surface area contributed by atoms with Crippen molar-refractivity contribution in [2.75, 3.05) is 11.1 Å². The molecule has 1 N–H and O–H groups in total. The van der Waals surface area contributed by atoms with Gasteiger partial charge in [-0.05, 0) is 31.7 Å². The molecule has 1 aromatic carbocycles. The Morgan fingerprint density at radius 1 is 1.35 bits per heavy atom. The molecule has 0 aliphatic heterocycles. The molecule has 0 unspecified atom stereocenters. The van der Waals surface area contributed by atoms with E-state index in [-0.39, 0.29) is 22.4 Å². The van der Waals surface area contributed by atoms with E-state index in [1.807, 2.05) is 0 Å². The van der Waals surface area contributed by atoms with Gasteiger partial charge in [0, 0.05) is 24.1 Å². The van der Waals surface area contributed by atoms with Crippen molar-refractivity contribution >= 4 is 40.6 Å². The molecule has 1 heterocycles. The van der Waals surface area contributed by atoms with E-state index in [1.165, 1.54) is 30.0 Å². The second-order valence-corrected chi connectivity index (χ2v) is 7.82. The van der Waals surface area contributed by atoms with Gasteiger partial charge in [-0.3, -0.25) is 14.9 Å². The third-order valence-electron chi connectivity index (χ3n) is 4.32. The topological polar surface area (TPSA) is 103 Å². The van der Waals surface area contributed by atoms with Crippen molar-refractivity contribution in [3.05, 3.63) is 39.2 Å². The highest BCUT2D eigenvalue weighted by Gasteiger charge is 2.36. The number of non-ortho nitro benzene ring substituents is 1. The van der Waals surface area contributed by atoms with Gasteiger partial charge in [0.2, 0.25) is 5.91 Å². The van der Waals surface area contributed by atoms with Crippen LogP contribution in [0.4, 0.5) is 11.4 Å². The van der Waals surface area contributed by atoms with Crippen molar-refractivity contribution in [2.45, 2.75) is 42.8 Å². The predicted molar refractivity (Wildman–Crippen MR) is 97.7 cm³/mol. The smallest absolute Gasteiger partial charge is 0.271 e. The second kappa shape index (κ2) is 6.88. The molecular formula is C16H16ClN5O3S. The minimum atomic E-state index is -0.532. The van der Waals surface area contributed by atoms with Gasteiger partial charge in [0.05, 0.1) is 21.4 Å². The van der Waals surface area contributed by atoms with Crippen LogP contribution in [-0.2, 0) is 4.79 Å². The number of nitro groups is 1. The summed E-state index contributed by atoms with van der Waals surface area (Å²) in [7, 11) is 0. The van der Waals surface area contributed by atoms with Gasteiger partial charge >= 0.3 is 0 Å². The highest BCUT2D eigenvalue weighted by Crippen LogP contribution is 2.46. The lowest BCUT2D eigenvalue weighted by atomic mass is 10.3. The monoisotopic (exact) mass is 393 g/mol. The number of benzene rings is 1. The summed E-state index contributed by atoms with van der Waals surface area (Å²) in [6.45, 7) is 0. The average molecular weight is 394 g/mol. The zero-order chi connectivity index (χ0) is 18.3. The molecule has 0 atom stereocenters. The minimum Gasteiger partial charge on any atom is -0.324 e. The van der Waals surface area contributed by atoms with Gasteiger partial charge in [0.25, 0.3) is 5.69 Å². The predicted octanol–water partition coefficient (Wildman–Crippen LogP) is 3.78. The van der Waals surface area contributed by atoms with Crippen molar-refractivity contribution in [1.29, 1.82) is 0 Å². The van der Waals surface area contributed by atoms with Crippen LogP contribution in [0, 0.1) is 10.1 Å².